The van der Waals surface area contributed by atoms with Crippen molar-refractivity contribution >= 4 is 5.91 Å². The molecule has 3 fully saturated rings. The van der Waals surface area contributed by atoms with Crippen molar-refractivity contribution < 1.29 is 9.53 Å². The lowest BCUT2D eigenvalue weighted by atomic mass is 9.91. The Morgan fingerprint density at radius 2 is 1.72 bits per heavy atom. The van der Waals surface area contributed by atoms with Gasteiger partial charge in [-0.05, 0) is 50.1 Å². The maximum Gasteiger partial charge on any atom is 0.222 e. The molecule has 1 aromatic rings. The second kappa shape index (κ2) is 10.6. The molecule has 0 unspecified atom stereocenters. The lowest BCUT2D eigenvalue weighted by Gasteiger charge is -2.40. The van der Waals surface area contributed by atoms with E-state index in [0.717, 1.165) is 58.8 Å². The maximum atomic E-state index is 12.8. The smallest absolute Gasteiger partial charge is 0.222 e. The van der Waals surface area contributed by atoms with Gasteiger partial charge >= 0.3 is 0 Å². The first-order valence-corrected chi connectivity index (χ1v) is 11.6. The van der Waals surface area contributed by atoms with Crippen molar-refractivity contribution in [3.05, 3.63) is 35.9 Å². The summed E-state index contributed by atoms with van der Waals surface area (Å²) in [6.07, 6.45) is 6.72. The number of rotatable bonds is 6. The van der Waals surface area contributed by atoms with Crippen LogP contribution in [0.25, 0.3) is 0 Å². The molecule has 0 bridgehead atoms. The summed E-state index contributed by atoms with van der Waals surface area (Å²) in [6.45, 7) is 8.98. The number of piperidine rings is 1. The average molecular weight is 400 g/mol. The topological polar surface area (TPSA) is 36.0 Å². The van der Waals surface area contributed by atoms with Gasteiger partial charge < -0.3 is 9.64 Å². The largest absolute Gasteiger partial charge is 0.381 e. The molecule has 1 aromatic carbocycles. The third kappa shape index (κ3) is 6.03. The molecule has 3 saturated heterocycles. The van der Waals surface area contributed by atoms with Crippen LogP contribution in [0.3, 0.4) is 0 Å². The number of hydrogen-bond acceptors (Lipinski definition) is 4. The van der Waals surface area contributed by atoms with Gasteiger partial charge in [0.1, 0.15) is 0 Å². The predicted molar refractivity (Wildman–Crippen MR) is 116 cm³/mol. The molecule has 0 spiro atoms. The third-order valence-electron chi connectivity index (χ3n) is 7.00. The Kier molecular flexibility index (Phi) is 7.58. The summed E-state index contributed by atoms with van der Waals surface area (Å²) in [7, 11) is 0. The number of likely N-dealkylation sites (tertiary alicyclic amines) is 1. The number of amides is 1. The Morgan fingerprint density at radius 1 is 0.966 bits per heavy atom. The van der Waals surface area contributed by atoms with E-state index in [4.69, 9.17) is 4.74 Å². The van der Waals surface area contributed by atoms with Gasteiger partial charge in [-0.1, -0.05) is 30.3 Å². The van der Waals surface area contributed by atoms with Crippen LogP contribution in [0.1, 0.15) is 44.1 Å². The van der Waals surface area contributed by atoms with Gasteiger partial charge in [0.25, 0.3) is 0 Å². The van der Waals surface area contributed by atoms with E-state index in [1.165, 1.54) is 44.3 Å². The van der Waals surface area contributed by atoms with Crippen molar-refractivity contribution in [1.29, 1.82) is 0 Å². The lowest BCUT2D eigenvalue weighted by molar-refractivity contribution is -0.133. The molecule has 0 radical (unpaired) electrons. The van der Waals surface area contributed by atoms with Crippen molar-refractivity contribution in [2.24, 2.45) is 5.92 Å². The van der Waals surface area contributed by atoms with Gasteiger partial charge in [0.2, 0.25) is 5.91 Å². The zero-order chi connectivity index (χ0) is 19.9. The van der Waals surface area contributed by atoms with Crippen LogP contribution in [0.5, 0.6) is 0 Å². The van der Waals surface area contributed by atoms with Crippen LogP contribution in [0.4, 0.5) is 0 Å². The Bertz CT molecular complexity index is 624. The van der Waals surface area contributed by atoms with Gasteiger partial charge in [0, 0.05) is 64.9 Å². The molecule has 1 amide bonds. The van der Waals surface area contributed by atoms with Crippen LogP contribution in [0.15, 0.2) is 30.3 Å². The molecule has 5 heteroatoms. The molecule has 160 valence electrons. The van der Waals surface area contributed by atoms with Crippen molar-refractivity contribution in [1.82, 2.24) is 14.7 Å². The fourth-order valence-corrected chi connectivity index (χ4v) is 5.20. The third-order valence-corrected chi connectivity index (χ3v) is 7.00. The van der Waals surface area contributed by atoms with E-state index in [1.54, 1.807) is 0 Å². The summed E-state index contributed by atoms with van der Waals surface area (Å²) in [5.41, 5.74) is 1.36. The molecule has 29 heavy (non-hydrogen) atoms. The molecule has 3 aliphatic heterocycles. The minimum Gasteiger partial charge on any atom is -0.381 e. The van der Waals surface area contributed by atoms with Crippen LogP contribution < -0.4 is 0 Å². The van der Waals surface area contributed by atoms with E-state index in [-0.39, 0.29) is 0 Å². The van der Waals surface area contributed by atoms with E-state index in [0.29, 0.717) is 17.9 Å². The Labute approximate surface area is 176 Å². The summed E-state index contributed by atoms with van der Waals surface area (Å²) in [4.78, 5) is 20.0. The van der Waals surface area contributed by atoms with Gasteiger partial charge in [0.05, 0.1) is 0 Å². The standard InChI is InChI=1S/C24H37N3O2/c28-24(26-15-13-25(14-16-26)19-21-5-2-1-3-6-21)9-8-22-7-4-12-27(20-22)23-10-17-29-18-11-23/h1-3,5-6,22-23H,4,7-20H2/t22-/m1/s1. The second-order valence-corrected chi connectivity index (χ2v) is 9.03. The number of piperazine rings is 1. The van der Waals surface area contributed by atoms with E-state index < -0.39 is 0 Å². The fourth-order valence-electron chi connectivity index (χ4n) is 5.20. The molecular formula is C24H37N3O2. The number of benzene rings is 1. The highest BCUT2D eigenvalue weighted by molar-refractivity contribution is 5.76. The predicted octanol–water partition coefficient (Wildman–Crippen LogP) is 3.00. The molecule has 3 heterocycles. The van der Waals surface area contributed by atoms with E-state index in [1.807, 2.05) is 0 Å². The van der Waals surface area contributed by atoms with E-state index in [2.05, 4.69) is 45.0 Å². The van der Waals surface area contributed by atoms with Gasteiger partial charge in [0.15, 0.2) is 0 Å². The highest BCUT2D eigenvalue weighted by Crippen LogP contribution is 2.26. The summed E-state index contributed by atoms with van der Waals surface area (Å²) >= 11 is 0. The molecule has 4 rings (SSSR count). The van der Waals surface area contributed by atoms with Crippen molar-refractivity contribution in [2.45, 2.75) is 51.1 Å². The Hall–Kier alpha value is -1.43. The molecule has 0 aliphatic carbocycles. The van der Waals surface area contributed by atoms with Crippen LogP contribution in [0.2, 0.25) is 0 Å². The van der Waals surface area contributed by atoms with E-state index >= 15 is 0 Å². The number of carbonyl (C=O) groups excluding carboxylic acids is 1. The molecule has 5 nitrogen and oxygen atoms in total. The van der Waals surface area contributed by atoms with E-state index in [9.17, 15) is 4.79 Å². The second-order valence-electron chi connectivity index (χ2n) is 9.03. The first-order valence-electron chi connectivity index (χ1n) is 11.6. The SMILES string of the molecule is O=C(CC[C@H]1CCCN(C2CCOCC2)C1)N1CCN(Cc2ccccc2)CC1. The molecule has 3 aliphatic rings. The number of nitrogens with zero attached hydrogens (tertiary/aromatic N) is 3. The highest BCUT2D eigenvalue weighted by Gasteiger charge is 2.28. The van der Waals surface area contributed by atoms with Gasteiger partial charge in [-0.25, -0.2) is 0 Å². The molecule has 0 aromatic heterocycles. The van der Waals surface area contributed by atoms with Crippen molar-refractivity contribution in [3.8, 4) is 0 Å². The fraction of sp³-hybridized carbons (Fsp3) is 0.708. The summed E-state index contributed by atoms with van der Waals surface area (Å²) in [5.74, 6) is 1.06. The van der Waals surface area contributed by atoms with Crippen LogP contribution >= 0.6 is 0 Å². The minimum atomic E-state index is 0.368. The molecule has 0 saturated carbocycles. The van der Waals surface area contributed by atoms with Gasteiger partial charge in [-0.15, -0.1) is 0 Å². The lowest BCUT2D eigenvalue weighted by Crippen LogP contribution is -2.48. The Balaban J connectivity index is 1.16. The normalized spacial score (nSPS) is 25.2. The summed E-state index contributed by atoms with van der Waals surface area (Å²) in [5, 5.41) is 0. The van der Waals surface area contributed by atoms with Crippen LogP contribution in [-0.4, -0.2) is 79.1 Å². The number of ether oxygens (including phenoxy) is 1. The highest BCUT2D eigenvalue weighted by atomic mass is 16.5. The van der Waals surface area contributed by atoms with Crippen LogP contribution in [-0.2, 0) is 16.1 Å². The number of hydrogen-bond donors (Lipinski definition) is 0. The van der Waals surface area contributed by atoms with Gasteiger partial charge in [-0.3, -0.25) is 14.6 Å². The summed E-state index contributed by atoms with van der Waals surface area (Å²) in [6, 6.07) is 11.3. The van der Waals surface area contributed by atoms with Crippen molar-refractivity contribution in [3.63, 3.8) is 0 Å². The quantitative estimate of drug-likeness (QED) is 0.737. The zero-order valence-corrected chi connectivity index (χ0v) is 17.8. The number of carbonyl (C=O) groups is 1. The van der Waals surface area contributed by atoms with Crippen LogP contribution in [0, 0.1) is 5.92 Å². The first kappa shape index (κ1) is 20.8. The molecule has 1 atom stereocenters. The minimum absolute atomic E-state index is 0.368. The monoisotopic (exact) mass is 399 g/mol. The Morgan fingerprint density at radius 3 is 2.48 bits per heavy atom. The first-order chi connectivity index (χ1) is 14.3. The van der Waals surface area contributed by atoms with Gasteiger partial charge in [-0.2, -0.15) is 0 Å². The molecule has 0 N–H and O–H groups in total. The van der Waals surface area contributed by atoms with Crippen molar-refractivity contribution in [2.75, 3.05) is 52.5 Å². The maximum absolute atomic E-state index is 12.8. The zero-order valence-electron chi connectivity index (χ0n) is 17.8. The average Bonchev–Trinajstić information content (AvgIpc) is 2.79. The molecular weight excluding hydrogens is 362 g/mol. The summed E-state index contributed by atoms with van der Waals surface area (Å²) < 4.78 is 5.52.